The number of aromatic nitrogens is 2. The molecule has 1 N–H and O–H groups in total. The predicted octanol–water partition coefficient (Wildman–Crippen LogP) is 2.96. The average Bonchev–Trinajstić information content (AvgIpc) is 2.59. The Morgan fingerprint density at radius 1 is 1.36 bits per heavy atom. The molecule has 0 saturated carbocycles. The van der Waals surface area contributed by atoms with Crippen LogP contribution in [0.2, 0.25) is 0 Å². The molecule has 1 aliphatic rings. The number of nitrogens with zero attached hydrogens (tertiary/aromatic N) is 3. The molecule has 2 heterocycles. The predicted molar refractivity (Wildman–Crippen MR) is 83.7 cm³/mol. The van der Waals surface area contributed by atoms with Crippen molar-refractivity contribution in [3.05, 3.63) is 24.0 Å². The van der Waals surface area contributed by atoms with Gasteiger partial charge in [-0.1, -0.05) is 0 Å². The number of aliphatic carboxylic acids is 1. The van der Waals surface area contributed by atoms with Crippen LogP contribution in [-0.4, -0.2) is 41.2 Å². The number of carboxylic acid groups (broad SMARTS) is 1. The fraction of sp³-hybridized carbons (Fsp3) is 0.438. The highest BCUT2D eigenvalue weighted by Gasteiger charge is 2.37. The molecular formula is C16H16F3N3O3. The molecule has 0 radical (unpaired) electrons. The van der Waals surface area contributed by atoms with Gasteiger partial charge in [-0.05, 0) is 25.0 Å². The SMILES string of the molecule is COc1ccc2c(N3CCCC(C(=O)O)C3)nc(C(F)(F)F)nc2c1. The van der Waals surface area contributed by atoms with Crippen LogP contribution in [0.5, 0.6) is 5.75 Å². The number of rotatable bonds is 3. The Bertz CT molecular complexity index is 810. The Labute approximate surface area is 141 Å². The van der Waals surface area contributed by atoms with Crippen molar-refractivity contribution in [2.75, 3.05) is 25.1 Å². The first kappa shape index (κ1) is 17.2. The average molecular weight is 355 g/mol. The largest absolute Gasteiger partial charge is 0.497 e. The van der Waals surface area contributed by atoms with Crippen molar-refractivity contribution in [2.24, 2.45) is 5.92 Å². The Morgan fingerprint density at radius 3 is 2.76 bits per heavy atom. The standard InChI is InChI=1S/C16H16F3N3O3/c1-25-10-4-5-11-12(7-10)20-15(16(17,18)19)21-13(11)22-6-2-3-9(8-22)14(23)24/h4-5,7,9H,2-3,6,8H2,1H3,(H,23,24). The van der Waals surface area contributed by atoms with Crippen LogP contribution >= 0.6 is 0 Å². The molecule has 1 aromatic heterocycles. The minimum Gasteiger partial charge on any atom is -0.497 e. The third kappa shape index (κ3) is 3.45. The summed E-state index contributed by atoms with van der Waals surface area (Å²) < 4.78 is 44.6. The molecule has 1 aliphatic heterocycles. The van der Waals surface area contributed by atoms with Crippen LogP contribution in [0.25, 0.3) is 10.9 Å². The van der Waals surface area contributed by atoms with E-state index in [9.17, 15) is 23.1 Å². The molecule has 1 aromatic carbocycles. The summed E-state index contributed by atoms with van der Waals surface area (Å²) in [7, 11) is 1.41. The van der Waals surface area contributed by atoms with Gasteiger partial charge in [-0.2, -0.15) is 13.2 Å². The minimum absolute atomic E-state index is 0.103. The summed E-state index contributed by atoms with van der Waals surface area (Å²) in [4.78, 5) is 20.1. The number of hydrogen-bond acceptors (Lipinski definition) is 5. The molecule has 1 fully saturated rings. The molecule has 3 rings (SSSR count). The van der Waals surface area contributed by atoms with E-state index in [0.29, 0.717) is 30.5 Å². The summed E-state index contributed by atoms with van der Waals surface area (Å²) in [6, 6.07) is 4.61. The number of carboxylic acids is 1. The van der Waals surface area contributed by atoms with E-state index in [-0.39, 0.29) is 17.9 Å². The molecule has 6 nitrogen and oxygen atoms in total. The summed E-state index contributed by atoms with van der Waals surface area (Å²) in [6.07, 6.45) is -3.64. The monoisotopic (exact) mass is 355 g/mol. The number of anilines is 1. The maximum Gasteiger partial charge on any atom is 0.451 e. The zero-order valence-electron chi connectivity index (χ0n) is 13.4. The molecule has 2 aromatic rings. The number of piperidine rings is 1. The number of benzene rings is 1. The van der Waals surface area contributed by atoms with Gasteiger partial charge >= 0.3 is 12.1 Å². The van der Waals surface area contributed by atoms with Crippen molar-refractivity contribution in [2.45, 2.75) is 19.0 Å². The molecule has 9 heteroatoms. The van der Waals surface area contributed by atoms with Crippen LogP contribution in [0.4, 0.5) is 19.0 Å². The van der Waals surface area contributed by atoms with Crippen LogP contribution in [0.15, 0.2) is 18.2 Å². The van der Waals surface area contributed by atoms with Crippen LogP contribution in [0.1, 0.15) is 18.7 Å². The van der Waals surface area contributed by atoms with E-state index in [1.54, 1.807) is 17.0 Å². The van der Waals surface area contributed by atoms with Gasteiger partial charge in [0.25, 0.3) is 0 Å². The second-order valence-corrected chi connectivity index (χ2v) is 5.88. The van der Waals surface area contributed by atoms with E-state index in [1.165, 1.54) is 13.2 Å². The number of methoxy groups -OCH3 is 1. The molecule has 0 aliphatic carbocycles. The highest BCUT2D eigenvalue weighted by atomic mass is 19.4. The van der Waals surface area contributed by atoms with Gasteiger partial charge in [0.2, 0.25) is 5.82 Å². The first-order valence-electron chi connectivity index (χ1n) is 7.70. The number of fused-ring (bicyclic) bond motifs is 1. The van der Waals surface area contributed by atoms with Crippen LogP contribution in [-0.2, 0) is 11.0 Å². The van der Waals surface area contributed by atoms with Gasteiger partial charge in [-0.15, -0.1) is 0 Å². The summed E-state index contributed by atoms with van der Waals surface area (Å²) in [5.74, 6) is -2.36. The van der Waals surface area contributed by atoms with Crippen molar-refractivity contribution in [1.29, 1.82) is 0 Å². The second kappa shape index (κ2) is 6.38. The molecular weight excluding hydrogens is 339 g/mol. The number of hydrogen-bond donors (Lipinski definition) is 1. The molecule has 1 saturated heterocycles. The van der Waals surface area contributed by atoms with Crippen LogP contribution in [0, 0.1) is 5.92 Å². The number of carbonyl (C=O) groups is 1. The van der Waals surface area contributed by atoms with E-state index in [0.717, 1.165) is 0 Å². The molecule has 134 valence electrons. The van der Waals surface area contributed by atoms with Gasteiger partial charge in [0.05, 0.1) is 18.5 Å². The topological polar surface area (TPSA) is 75.5 Å². The maximum atomic E-state index is 13.2. The van der Waals surface area contributed by atoms with Crippen LogP contribution < -0.4 is 9.64 Å². The molecule has 1 unspecified atom stereocenters. The summed E-state index contributed by atoms with van der Waals surface area (Å²) >= 11 is 0. The third-order valence-electron chi connectivity index (χ3n) is 4.21. The fourth-order valence-electron chi connectivity index (χ4n) is 2.96. The maximum absolute atomic E-state index is 13.2. The summed E-state index contributed by atoms with van der Waals surface area (Å²) in [6.45, 7) is 0.560. The van der Waals surface area contributed by atoms with Gasteiger partial charge in [0.1, 0.15) is 11.6 Å². The normalized spacial score (nSPS) is 18.4. The highest BCUT2D eigenvalue weighted by molar-refractivity contribution is 5.91. The first-order valence-corrected chi connectivity index (χ1v) is 7.70. The molecule has 25 heavy (non-hydrogen) atoms. The quantitative estimate of drug-likeness (QED) is 0.912. The molecule has 0 spiro atoms. The smallest absolute Gasteiger partial charge is 0.451 e. The van der Waals surface area contributed by atoms with Crippen LogP contribution in [0.3, 0.4) is 0 Å². The zero-order valence-corrected chi connectivity index (χ0v) is 13.4. The summed E-state index contributed by atoms with van der Waals surface area (Å²) in [5.41, 5.74) is 0.106. The number of ether oxygens (including phenoxy) is 1. The van der Waals surface area contributed by atoms with Gasteiger partial charge in [0, 0.05) is 24.5 Å². The van der Waals surface area contributed by atoms with E-state index < -0.39 is 23.9 Å². The Kier molecular flexibility index (Phi) is 4.40. The lowest BCUT2D eigenvalue weighted by Crippen LogP contribution is -2.39. The highest BCUT2D eigenvalue weighted by Crippen LogP contribution is 2.34. The first-order chi connectivity index (χ1) is 11.8. The van der Waals surface area contributed by atoms with Gasteiger partial charge in [-0.25, -0.2) is 9.97 Å². The van der Waals surface area contributed by atoms with E-state index in [4.69, 9.17) is 4.74 Å². The molecule has 1 atom stereocenters. The molecule has 0 bridgehead atoms. The Balaban J connectivity index is 2.13. The lowest BCUT2D eigenvalue weighted by Gasteiger charge is -2.32. The Hall–Kier alpha value is -2.58. The van der Waals surface area contributed by atoms with Gasteiger partial charge < -0.3 is 14.7 Å². The summed E-state index contributed by atoms with van der Waals surface area (Å²) in [5, 5.41) is 9.64. The van der Waals surface area contributed by atoms with Gasteiger partial charge in [0.15, 0.2) is 0 Å². The Morgan fingerprint density at radius 2 is 2.12 bits per heavy atom. The second-order valence-electron chi connectivity index (χ2n) is 5.88. The fourth-order valence-corrected chi connectivity index (χ4v) is 2.96. The lowest BCUT2D eigenvalue weighted by molar-refractivity contribution is -0.145. The molecule has 0 amide bonds. The van der Waals surface area contributed by atoms with Crippen molar-refractivity contribution in [1.82, 2.24) is 9.97 Å². The van der Waals surface area contributed by atoms with Gasteiger partial charge in [-0.3, -0.25) is 4.79 Å². The minimum atomic E-state index is -4.70. The van der Waals surface area contributed by atoms with Crippen molar-refractivity contribution < 1.29 is 27.8 Å². The van der Waals surface area contributed by atoms with E-state index in [1.807, 2.05) is 0 Å². The lowest BCUT2D eigenvalue weighted by atomic mass is 9.98. The van der Waals surface area contributed by atoms with E-state index >= 15 is 0 Å². The third-order valence-corrected chi connectivity index (χ3v) is 4.21. The number of alkyl halides is 3. The zero-order chi connectivity index (χ0) is 18.2. The number of halogens is 3. The van der Waals surface area contributed by atoms with Crippen molar-refractivity contribution in [3.63, 3.8) is 0 Å². The van der Waals surface area contributed by atoms with E-state index in [2.05, 4.69) is 9.97 Å². The van der Waals surface area contributed by atoms with Crippen molar-refractivity contribution >= 4 is 22.7 Å². The van der Waals surface area contributed by atoms with Crippen molar-refractivity contribution in [3.8, 4) is 5.75 Å².